The quantitative estimate of drug-likeness (QED) is 0.311. The molecule has 5 aliphatic rings. The van der Waals surface area contributed by atoms with E-state index in [9.17, 15) is 14.7 Å². The van der Waals surface area contributed by atoms with Crippen molar-refractivity contribution in [2.75, 3.05) is 6.61 Å². The van der Waals surface area contributed by atoms with Gasteiger partial charge in [-0.05, 0) is 128 Å². The zero-order chi connectivity index (χ0) is 29.3. The highest BCUT2D eigenvalue weighted by atomic mass is 16.5. The molecule has 228 valence electrons. The Bertz CT molecular complexity index is 988. The molecule has 0 bridgehead atoms. The van der Waals surface area contributed by atoms with E-state index in [2.05, 4.69) is 48.5 Å². The maximum Gasteiger partial charge on any atom is 0.306 e. The van der Waals surface area contributed by atoms with Crippen LogP contribution < -0.4 is 0 Å². The van der Waals surface area contributed by atoms with Gasteiger partial charge in [-0.25, -0.2) is 0 Å². The maximum absolute atomic E-state index is 12.7. The van der Waals surface area contributed by atoms with Crippen LogP contribution in [0.15, 0.2) is 0 Å². The van der Waals surface area contributed by atoms with Crippen LogP contribution in [0.4, 0.5) is 0 Å². The molecule has 0 saturated heterocycles. The second kappa shape index (κ2) is 10.3. The molecule has 5 nitrogen and oxygen atoms in total. The van der Waals surface area contributed by atoms with Crippen molar-refractivity contribution in [1.82, 2.24) is 0 Å². The first-order valence-electron chi connectivity index (χ1n) is 16.7. The number of rotatable bonds is 7. The summed E-state index contributed by atoms with van der Waals surface area (Å²) in [7, 11) is 0. The second-order valence-electron chi connectivity index (χ2n) is 16.7. The van der Waals surface area contributed by atoms with Crippen molar-refractivity contribution in [3.05, 3.63) is 0 Å². The van der Waals surface area contributed by atoms with Crippen LogP contribution in [-0.2, 0) is 14.3 Å². The third kappa shape index (κ3) is 4.32. The second-order valence-corrected chi connectivity index (χ2v) is 16.7. The fraction of sp³-hybridized carbons (Fsp3) is 0.943. The highest BCUT2D eigenvalue weighted by Crippen LogP contribution is 2.77. The first-order chi connectivity index (χ1) is 18.7. The van der Waals surface area contributed by atoms with Crippen LogP contribution in [0.5, 0.6) is 0 Å². The summed E-state index contributed by atoms with van der Waals surface area (Å²) in [6, 6.07) is 0. The molecule has 0 spiro atoms. The summed E-state index contributed by atoms with van der Waals surface area (Å²) < 4.78 is 6.10. The average Bonchev–Trinajstić information content (AvgIpc) is 3.26. The first kappa shape index (κ1) is 30.4. The van der Waals surface area contributed by atoms with Crippen molar-refractivity contribution in [3.8, 4) is 0 Å². The van der Waals surface area contributed by atoms with Crippen LogP contribution in [0, 0.1) is 62.6 Å². The molecule has 5 saturated carbocycles. The fourth-order valence-corrected chi connectivity index (χ4v) is 12.6. The van der Waals surface area contributed by atoms with Gasteiger partial charge in [0.05, 0.1) is 0 Å². The van der Waals surface area contributed by atoms with E-state index in [0.29, 0.717) is 53.4 Å². The number of aliphatic hydroxyl groups excluding tert-OH is 1. The number of hydrogen-bond donors (Lipinski definition) is 2. The van der Waals surface area contributed by atoms with Crippen molar-refractivity contribution >= 4 is 11.9 Å². The van der Waals surface area contributed by atoms with E-state index in [-0.39, 0.29) is 41.2 Å². The van der Waals surface area contributed by atoms with Gasteiger partial charge in [-0.2, -0.15) is 0 Å². The lowest BCUT2D eigenvalue weighted by Crippen LogP contribution is -2.67. The molecule has 0 heterocycles. The van der Waals surface area contributed by atoms with Crippen LogP contribution >= 0.6 is 0 Å². The largest absolute Gasteiger partial charge is 0.481 e. The van der Waals surface area contributed by atoms with Crippen LogP contribution in [0.1, 0.15) is 132 Å². The Morgan fingerprint density at radius 3 is 2.20 bits per heavy atom. The molecule has 2 N–H and O–H groups in total. The lowest BCUT2D eigenvalue weighted by Gasteiger charge is -2.73. The van der Waals surface area contributed by atoms with E-state index in [1.807, 2.05) is 0 Å². The minimum Gasteiger partial charge on any atom is -0.481 e. The SMILES string of the molecule is CC(C)[C@@H]1CC[C@]2(CO)CC[C@]3(C)[C@H](CC[C@@H]4[C@@]5(C)CC[C@H](OC(=O)CCCC(=O)O)C(C)(C)[C@@H]5CC[C@]43C)[C@@H]12. The van der Waals surface area contributed by atoms with Crippen LogP contribution in [-0.4, -0.2) is 34.9 Å². The number of carboxylic acids is 1. The molecule has 10 atom stereocenters. The number of hydrogen-bond acceptors (Lipinski definition) is 4. The Morgan fingerprint density at radius 1 is 0.825 bits per heavy atom. The number of carbonyl (C=O) groups is 2. The summed E-state index contributed by atoms with van der Waals surface area (Å²) in [6.07, 6.45) is 12.5. The van der Waals surface area contributed by atoms with Crippen molar-refractivity contribution in [2.45, 2.75) is 138 Å². The van der Waals surface area contributed by atoms with Crippen LogP contribution in [0.2, 0.25) is 0 Å². The molecule has 5 heteroatoms. The number of fused-ring (bicyclic) bond motifs is 7. The van der Waals surface area contributed by atoms with Gasteiger partial charge in [0.25, 0.3) is 0 Å². The summed E-state index contributed by atoms with van der Waals surface area (Å²) in [5.41, 5.74) is 0.889. The molecule has 0 aliphatic heterocycles. The smallest absolute Gasteiger partial charge is 0.306 e. The third-order valence-corrected chi connectivity index (χ3v) is 14.8. The molecular formula is C35H58O5. The highest BCUT2D eigenvalue weighted by molar-refractivity contribution is 5.71. The highest BCUT2D eigenvalue weighted by Gasteiger charge is 2.71. The zero-order valence-corrected chi connectivity index (χ0v) is 26.6. The number of carboxylic acid groups (broad SMARTS) is 1. The predicted molar refractivity (Wildman–Crippen MR) is 157 cm³/mol. The van der Waals surface area contributed by atoms with E-state index in [0.717, 1.165) is 18.8 Å². The summed E-state index contributed by atoms with van der Waals surface area (Å²) in [6.45, 7) is 17.8. The van der Waals surface area contributed by atoms with Crippen LogP contribution in [0.3, 0.4) is 0 Å². The monoisotopic (exact) mass is 558 g/mol. The van der Waals surface area contributed by atoms with Crippen molar-refractivity contribution < 1.29 is 24.5 Å². The minimum atomic E-state index is -0.858. The summed E-state index contributed by atoms with van der Waals surface area (Å²) in [5.74, 6) is 2.88. The Labute approximate surface area is 243 Å². The Morgan fingerprint density at radius 2 is 1.55 bits per heavy atom. The Balaban J connectivity index is 1.38. The van der Waals surface area contributed by atoms with Gasteiger partial charge >= 0.3 is 11.9 Å². The molecule has 40 heavy (non-hydrogen) atoms. The molecule has 5 aliphatic carbocycles. The lowest BCUT2D eigenvalue weighted by molar-refractivity contribution is -0.253. The van der Waals surface area contributed by atoms with Gasteiger partial charge in [0, 0.05) is 24.9 Å². The Kier molecular flexibility index (Phi) is 7.79. The van der Waals surface area contributed by atoms with Gasteiger partial charge in [0.15, 0.2) is 0 Å². The van der Waals surface area contributed by atoms with E-state index < -0.39 is 5.97 Å². The number of esters is 1. The molecule has 0 aromatic heterocycles. The third-order valence-electron chi connectivity index (χ3n) is 14.8. The maximum atomic E-state index is 12.7. The van der Waals surface area contributed by atoms with E-state index >= 15 is 0 Å². The van der Waals surface area contributed by atoms with E-state index in [1.54, 1.807) is 0 Å². The number of carbonyl (C=O) groups excluding carboxylic acids is 1. The Hall–Kier alpha value is -1.10. The average molecular weight is 559 g/mol. The van der Waals surface area contributed by atoms with Crippen molar-refractivity contribution in [2.24, 2.45) is 62.6 Å². The van der Waals surface area contributed by atoms with Crippen molar-refractivity contribution in [3.63, 3.8) is 0 Å². The molecule has 0 aromatic rings. The van der Waals surface area contributed by atoms with Gasteiger partial charge in [0.2, 0.25) is 0 Å². The van der Waals surface area contributed by atoms with E-state index in [1.165, 1.54) is 51.4 Å². The van der Waals surface area contributed by atoms with Crippen molar-refractivity contribution in [1.29, 1.82) is 0 Å². The van der Waals surface area contributed by atoms with E-state index in [4.69, 9.17) is 9.84 Å². The molecule has 0 amide bonds. The topological polar surface area (TPSA) is 83.8 Å². The lowest BCUT2D eigenvalue weighted by atomic mass is 9.32. The van der Waals surface area contributed by atoms with Crippen LogP contribution in [0.25, 0.3) is 0 Å². The van der Waals surface area contributed by atoms with Gasteiger partial charge < -0.3 is 14.9 Å². The van der Waals surface area contributed by atoms with Gasteiger partial charge in [-0.1, -0.05) is 48.5 Å². The van der Waals surface area contributed by atoms with Gasteiger partial charge in [-0.3, -0.25) is 9.59 Å². The molecule has 0 unspecified atom stereocenters. The molecule has 5 rings (SSSR count). The number of aliphatic carboxylic acids is 1. The first-order valence-corrected chi connectivity index (χ1v) is 16.7. The fourth-order valence-electron chi connectivity index (χ4n) is 12.6. The summed E-state index contributed by atoms with van der Waals surface area (Å²) in [4.78, 5) is 23.6. The normalized spacial score (nSPS) is 47.5. The summed E-state index contributed by atoms with van der Waals surface area (Å²) >= 11 is 0. The molecule has 0 radical (unpaired) electrons. The zero-order valence-electron chi connectivity index (χ0n) is 26.6. The van der Waals surface area contributed by atoms with Gasteiger partial charge in [0.1, 0.15) is 6.10 Å². The molecule has 5 fully saturated rings. The predicted octanol–water partition coefficient (Wildman–Crippen LogP) is 7.88. The standard InChI is InChI=1S/C35H58O5/c1-22(2)23-13-18-35(21-36)20-19-33(6)24(30(23)35)11-12-26-32(5)16-15-27(40-29(39)10-8-9-28(37)38)31(3,4)25(32)14-17-34(26,33)7/h22-27,30,36H,8-21H2,1-7H3,(H,37,38)/t23-,24+,25-,26+,27-,30+,32-,33+,34+,35+/m0/s1. The summed E-state index contributed by atoms with van der Waals surface area (Å²) in [5, 5.41) is 19.7. The molecular weight excluding hydrogens is 500 g/mol. The van der Waals surface area contributed by atoms with Gasteiger partial charge in [-0.15, -0.1) is 0 Å². The number of aliphatic hydroxyl groups is 1. The molecule has 0 aromatic carbocycles. The minimum absolute atomic E-state index is 0.0159. The number of ether oxygens (including phenoxy) is 1.